The van der Waals surface area contributed by atoms with Gasteiger partial charge in [-0.15, -0.1) is 11.3 Å². The minimum absolute atomic E-state index is 0.115. The Morgan fingerprint density at radius 3 is 2.70 bits per heavy atom. The first-order valence-electron chi connectivity index (χ1n) is 7.38. The molecule has 1 saturated heterocycles. The van der Waals surface area contributed by atoms with Crippen LogP contribution in [0.3, 0.4) is 0 Å². The number of amides is 1. The zero-order valence-corrected chi connectivity index (χ0v) is 13.2. The summed E-state index contributed by atoms with van der Waals surface area (Å²) in [6.07, 6.45) is 1.72. The zero-order valence-electron chi connectivity index (χ0n) is 12.4. The van der Waals surface area contributed by atoms with E-state index < -0.39 is 5.97 Å². The van der Waals surface area contributed by atoms with Gasteiger partial charge in [0.1, 0.15) is 10.7 Å². The van der Waals surface area contributed by atoms with Crippen molar-refractivity contribution in [2.45, 2.75) is 12.8 Å². The predicted octanol–water partition coefficient (Wildman–Crippen LogP) is 3.29. The highest BCUT2D eigenvalue weighted by Gasteiger charge is 2.27. The molecule has 1 aliphatic rings. The first kappa shape index (κ1) is 15.7. The summed E-state index contributed by atoms with van der Waals surface area (Å²) in [6.45, 7) is 1.32. The second-order valence-corrected chi connectivity index (χ2v) is 6.65. The van der Waals surface area contributed by atoms with Gasteiger partial charge in [-0.05, 0) is 42.5 Å². The maximum absolute atomic E-state index is 12.9. The van der Waals surface area contributed by atoms with Crippen molar-refractivity contribution in [1.82, 2.24) is 4.90 Å². The Hall–Kier alpha value is -2.21. The van der Waals surface area contributed by atoms with Gasteiger partial charge in [0.15, 0.2) is 0 Å². The lowest BCUT2D eigenvalue weighted by molar-refractivity contribution is 0.0702. The second-order valence-electron chi connectivity index (χ2n) is 5.74. The Bertz CT molecular complexity index is 726. The fraction of sp³-hybridized carbons (Fsp3) is 0.294. The van der Waals surface area contributed by atoms with Crippen LogP contribution in [0.5, 0.6) is 0 Å². The van der Waals surface area contributed by atoms with Crippen LogP contribution < -0.4 is 0 Å². The Kier molecular flexibility index (Phi) is 4.43. The molecule has 6 heteroatoms. The molecule has 1 aromatic carbocycles. The van der Waals surface area contributed by atoms with Gasteiger partial charge in [0, 0.05) is 18.5 Å². The largest absolute Gasteiger partial charge is 0.477 e. The summed E-state index contributed by atoms with van der Waals surface area (Å²) in [5.74, 6) is -1.02. The van der Waals surface area contributed by atoms with E-state index in [0.29, 0.717) is 24.6 Å². The van der Waals surface area contributed by atoms with Gasteiger partial charge in [-0.25, -0.2) is 9.18 Å². The standard InChI is InChI=1S/C17H16FNO3S/c18-14-3-1-11(2-4-14)7-12-5-6-19(9-12)16(20)13-8-15(17(21)22)23-10-13/h1-4,8,10,12H,5-7,9H2,(H,21,22). The summed E-state index contributed by atoms with van der Waals surface area (Å²) in [5.41, 5.74) is 1.50. The smallest absolute Gasteiger partial charge is 0.345 e. The number of benzene rings is 1. The monoisotopic (exact) mass is 333 g/mol. The number of halogens is 1. The number of nitrogens with zero attached hydrogens (tertiary/aromatic N) is 1. The molecule has 1 aliphatic heterocycles. The maximum atomic E-state index is 12.9. The van der Waals surface area contributed by atoms with Crippen LogP contribution in [0.25, 0.3) is 0 Å². The molecule has 0 aliphatic carbocycles. The molecular formula is C17H16FNO3S. The number of thiophene rings is 1. The Labute approximate surface area is 137 Å². The molecule has 0 bridgehead atoms. The predicted molar refractivity (Wildman–Crippen MR) is 85.4 cm³/mol. The highest BCUT2D eigenvalue weighted by atomic mass is 32.1. The van der Waals surface area contributed by atoms with Crippen molar-refractivity contribution in [2.75, 3.05) is 13.1 Å². The van der Waals surface area contributed by atoms with Crippen molar-refractivity contribution in [3.63, 3.8) is 0 Å². The molecule has 1 amide bonds. The summed E-state index contributed by atoms with van der Waals surface area (Å²) >= 11 is 1.07. The molecule has 0 saturated carbocycles. The molecule has 0 radical (unpaired) electrons. The van der Waals surface area contributed by atoms with Gasteiger partial charge in [0.05, 0.1) is 5.56 Å². The number of aromatic carboxylic acids is 1. The molecule has 1 unspecified atom stereocenters. The van der Waals surface area contributed by atoms with E-state index in [0.717, 1.165) is 29.7 Å². The summed E-state index contributed by atoms with van der Waals surface area (Å²) in [4.78, 5) is 25.3. The first-order valence-corrected chi connectivity index (χ1v) is 8.26. The van der Waals surface area contributed by atoms with Crippen LogP contribution in [0.1, 0.15) is 32.0 Å². The third-order valence-corrected chi connectivity index (χ3v) is 4.99. The molecular weight excluding hydrogens is 317 g/mol. The van der Waals surface area contributed by atoms with E-state index in [1.165, 1.54) is 18.2 Å². The number of carboxylic acid groups (broad SMARTS) is 1. The third kappa shape index (κ3) is 3.59. The van der Waals surface area contributed by atoms with E-state index >= 15 is 0 Å². The number of likely N-dealkylation sites (tertiary alicyclic amines) is 1. The average Bonchev–Trinajstić information content (AvgIpc) is 3.18. The highest BCUT2D eigenvalue weighted by molar-refractivity contribution is 7.12. The highest BCUT2D eigenvalue weighted by Crippen LogP contribution is 2.24. The fourth-order valence-electron chi connectivity index (χ4n) is 2.88. The topological polar surface area (TPSA) is 57.6 Å². The summed E-state index contributed by atoms with van der Waals surface area (Å²) < 4.78 is 12.9. The van der Waals surface area contributed by atoms with E-state index in [1.807, 2.05) is 0 Å². The zero-order chi connectivity index (χ0) is 16.4. The lowest BCUT2D eigenvalue weighted by atomic mass is 9.99. The van der Waals surface area contributed by atoms with Crippen molar-refractivity contribution in [3.05, 3.63) is 57.5 Å². The van der Waals surface area contributed by atoms with Crippen LogP contribution in [0, 0.1) is 11.7 Å². The molecule has 0 spiro atoms. The lowest BCUT2D eigenvalue weighted by Crippen LogP contribution is -2.28. The number of carbonyl (C=O) groups excluding carboxylic acids is 1. The van der Waals surface area contributed by atoms with Crippen molar-refractivity contribution in [3.8, 4) is 0 Å². The molecule has 1 N–H and O–H groups in total. The Balaban J connectivity index is 1.61. The van der Waals surface area contributed by atoms with E-state index in [4.69, 9.17) is 5.11 Å². The molecule has 4 nitrogen and oxygen atoms in total. The van der Waals surface area contributed by atoms with Crippen LogP contribution in [0.2, 0.25) is 0 Å². The molecule has 3 rings (SSSR count). The number of carboxylic acids is 1. The van der Waals surface area contributed by atoms with Crippen LogP contribution in [0.15, 0.2) is 35.7 Å². The molecule has 2 aromatic rings. The van der Waals surface area contributed by atoms with E-state index in [2.05, 4.69) is 0 Å². The third-order valence-electron chi connectivity index (χ3n) is 4.07. The number of rotatable bonds is 4. The van der Waals surface area contributed by atoms with Crippen molar-refractivity contribution in [1.29, 1.82) is 0 Å². The normalized spacial score (nSPS) is 17.4. The number of hydrogen-bond donors (Lipinski definition) is 1. The molecule has 1 fully saturated rings. The lowest BCUT2D eigenvalue weighted by Gasteiger charge is -2.16. The van der Waals surface area contributed by atoms with E-state index in [-0.39, 0.29) is 16.6 Å². The number of carbonyl (C=O) groups is 2. The molecule has 23 heavy (non-hydrogen) atoms. The van der Waals surface area contributed by atoms with Crippen molar-refractivity contribution < 1.29 is 19.1 Å². The SMILES string of the molecule is O=C(O)c1cc(C(=O)N2CCC(Cc3ccc(F)cc3)C2)cs1. The van der Waals surface area contributed by atoms with Crippen molar-refractivity contribution in [2.24, 2.45) is 5.92 Å². The summed E-state index contributed by atoms with van der Waals surface area (Å²) in [6, 6.07) is 7.89. The summed E-state index contributed by atoms with van der Waals surface area (Å²) in [5, 5.41) is 10.5. The van der Waals surface area contributed by atoms with Gasteiger partial charge in [-0.2, -0.15) is 0 Å². The fourth-order valence-corrected chi connectivity index (χ4v) is 3.60. The van der Waals surface area contributed by atoms with Gasteiger partial charge in [0.25, 0.3) is 5.91 Å². The molecule has 1 atom stereocenters. The van der Waals surface area contributed by atoms with E-state index in [9.17, 15) is 14.0 Å². The number of hydrogen-bond acceptors (Lipinski definition) is 3. The van der Waals surface area contributed by atoms with Crippen molar-refractivity contribution >= 4 is 23.2 Å². The molecule has 120 valence electrons. The maximum Gasteiger partial charge on any atom is 0.345 e. The molecule has 1 aromatic heterocycles. The van der Waals surface area contributed by atoms with E-state index in [1.54, 1.807) is 22.4 Å². The molecule has 2 heterocycles. The Morgan fingerprint density at radius 1 is 1.30 bits per heavy atom. The van der Waals surface area contributed by atoms with Crippen LogP contribution >= 0.6 is 11.3 Å². The van der Waals surface area contributed by atoms with Gasteiger partial charge in [-0.3, -0.25) is 4.79 Å². The minimum Gasteiger partial charge on any atom is -0.477 e. The van der Waals surface area contributed by atoms with Gasteiger partial charge >= 0.3 is 5.97 Å². The Morgan fingerprint density at radius 2 is 2.04 bits per heavy atom. The quantitative estimate of drug-likeness (QED) is 0.934. The minimum atomic E-state index is -1.01. The van der Waals surface area contributed by atoms with Crippen LogP contribution in [-0.4, -0.2) is 35.0 Å². The summed E-state index contributed by atoms with van der Waals surface area (Å²) in [7, 11) is 0. The van der Waals surface area contributed by atoms with Gasteiger partial charge in [-0.1, -0.05) is 12.1 Å². The first-order chi connectivity index (χ1) is 11.0. The average molecular weight is 333 g/mol. The van der Waals surface area contributed by atoms with Gasteiger partial charge in [0.2, 0.25) is 0 Å². The second kappa shape index (κ2) is 6.50. The van der Waals surface area contributed by atoms with Gasteiger partial charge < -0.3 is 10.0 Å². The van der Waals surface area contributed by atoms with Crippen LogP contribution in [0.4, 0.5) is 4.39 Å². The van der Waals surface area contributed by atoms with Crippen LogP contribution in [-0.2, 0) is 6.42 Å².